The average molecular weight is 276 g/mol. The Bertz CT molecular complexity index is 462. The van der Waals surface area contributed by atoms with Crippen molar-refractivity contribution in [2.75, 3.05) is 32.8 Å². The van der Waals surface area contributed by atoms with Crippen molar-refractivity contribution in [2.45, 2.75) is 31.9 Å². The molecule has 2 aliphatic heterocycles. The Labute approximate surface area is 120 Å². The molecule has 1 aromatic carbocycles. The van der Waals surface area contributed by atoms with E-state index >= 15 is 0 Å². The summed E-state index contributed by atoms with van der Waals surface area (Å²) in [7, 11) is 0. The Balaban J connectivity index is 1.70. The summed E-state index contributed by atoms with van der Waals surface area (Å²) < 4.78 is 11.4. The van der Waals surface area contributed by atoms with Gasteiger partial charge in [0.1, 0.15) is 5.75 Å². The van der Waals surface area contributed by atoms with E-state index in [0.717, 1.165) is 50.6 Å². The van der Waals surface area contributed by atoms with Crippen LogP contribution < -0.4 is 10.5 Å². The summed E-state index contributed by atoms with van der Waals surface area (Å²) in [6, 6.07) is 6.26. The second-order valence-corrected chi connectivity index (χ2v) is 5.70. The minimum absolute atomic E-state index is 0.0550. The first-order valence-corrected chi connectivity index (χ1v) is 7.63. The zero-order valence-electron chi connectivity index (χ0n) is 12.2. The van der Waals surface area contributed by atoms with Crippen molar-refractivity contribution in [1.82, 2.24) is 4.90 Å². The molecule has 0 bridgehead atoms. The van der Waals surface area contributed by atoms with E-state index in [2.05, 4.69) is 24.0 Å². The van der Waals surface area contributed by atoms with E-state index in [4.69, 9.17) is 15.2 Å². The highest BCUT2D eigenvalue weighted by Crippen LogP contribution is 2.29. The van der Waals surface area contributed by atoms with Gasteiger partial charge < -0.3 is 15.2 Å². The quantitative estimate of drug-likeness (QED) is 0.910. The van der Waals surface area contributed by atoms with Crippen LogP contribution in [0.4, 0.5) is 0 Å². The zero-order valence-corrected chi connectivity index (χ0v) is 12.2. The Morgan fingerprint density at radius 3 is 3.15 bits per heavy atom. The summed E-state index contributed by atoms with van der Waals surface area (Å²) in [6.07, 6.45) is 2.26. The van der Waals surface area contributed by atoms with Gasteiger partial charge >= 0.3 is 0 Å². The molecule has 4 heteroatoms. The van der Waals surface area contributed by atoms with Gasteiger partial charge in [-0.3, -0.25) is 4.90 Å². The lowest BCUT2D eigenvalue weighted by atomic mass is 9.98. The number of hydrogen-bond acceptors (Lipinski definition) is 4. The molecular weight excluding hydrogens is 252 g/mol. The van der Waals surface area contributed by atoms with Crippen LogP contribution in [-0.4, -0.2) is 43.9 Å². The summed E-state index contributed by atoms with van der Waals surface area (Å²) in [5.74, 6) is 1.01. The van der Waals surface area contributed by atoms with Crippen LogP contribution in [0.5, 0.6) is 5.75 Å². The van der Waals surface area contributed by atoms with Gasteiger partial charge in [0.05, 0.1) is 25.4 Å². The topological polar surface area (TPSA) is 47.7 Å². The minimum atomic E-state index is -0.0550. The molecule has 0 aliphatic carbocycles. The van der Waals surface area contributed by atoms with E-state index in [1.165, 1.54) is 12.0 Å². The van der Waals surface area contributed by atoms with Crippen LogP contribution in [0.15, 0.2) is 18.2 Å². The van der Waals surface area contributed by atoms with Gasteiger partial charge in [0.2, 0.25) is 0 Å². The fourth-order valence-electron chi connectivity index (χ4n) is 3.10. The molecule has 0 amide bonds. The maximum Gasteiger partial charge on any atom is 0.122 e. The van der Waals surface area contributed by atoms with Gasteiger partial charge in [0, 0.05) is 19.5 Å². The van der Waals surface area contributed by atoms with E-state index in [1.807, 2.05) is 6.07 Å². The fraction of sp³-hybridized carbons (Fsp3) is 0.625. The van der Waals surface area contributed by atoms with Gasteiger partial charge in [0.25, 0.3) is 0 Å². The molecule has 110 valence electrons. The van der Waals surface area contributed by atoms with E-state index in [1.54, 1.807) is 0 Å². The highest BCUT2D eigenvalue weighted by Gasteiger charge is 2.27. The summed E-state index contributed by atoms with van der Waals surface area (Å²) in [5.41, 5.74) is 8.87. The Kier molecular flexibility index (Phi) is 4.24. The van der Waals surface area contributed by atoms with Gasteiger partial charge in [-0.1, -0.05) is 19.1 Å². The fourth-order valence-corrected chi connectivity index (χ4v) is 3.10. The Morgan fingerprint density at radius 1 is 1.40 bits per heavy atom. The molecule has 2 N–H and O–H groups in total. The predicted octanol–water partition coefficient (Wildman–Crippen LogP) is 1.73. The van der Waals surface area contributed by atoms with Crippen LogP contribution in [0.3, 0.4) is 0 Å². The van der Waals surface area contributed by atoms with E-state index in [9.17, 15) is 0 Å². The number of ether oxygens (including phenoxy) is 2. The number of nitrogens with two attached hydrogens (primary N) is 1. The van der Waals surface area contributed by atoms with Crippen molar-refractivity contribution >= 4 is 0 Å². The molecule has 2 heterocycles. The van der Waals surface area contributed by atoms with Crippen LogP contribution >= 0.6 is 0 Å². The standard InChI is InChI=1S/C16H24N2O2/c1-2-6-18-7-9-20-15(11-18)16(17)13-3-4-14-12(10-13)5-8-19-14/h3-4,10,15-16H,2,5-9,11,17H2,1H3. The van der Waals surface area contributed by atoms with Crippen molar-refractivity contribution in [3.8, 4) is 5.75 Å². The maximum absolute atomic E-state index is 6.43. The smallest absolute Gasteiger partial charge is 0.122 e. The van der Waals surface area contributed by atoms with Crippen molar-refractivity contribution in [3.05, 3.63) is 29.3 Å². The lowest BCUT2D eigenvalue weighted by Crippen LogP contribution is -2.47. The van der Waals surface area contributed by atoms with Crippen molar-refractivity contribution in [3.63, 3.8) is 0 Å². The maximum atomic E-state index is 6.43. The average Bonchev–Trinajstić information content (AvgIpc) is 2.94. The minimum Gasteiger partial charge on any atom is -0.493 e. The van der Waals surface area contributed by atoms with Crippen molar-refractivity contribution in [1.29, 1.82) is 0 Å². The monoisotopic (exact) mass is 276 g/mol. The van der Waals surface area contributed by atoms with Gasteiger partial charge in [0.15, 0.2) is 0 Å². The van der Waals surface area contributed by atoms with Crippen molar-refractivity contribution < 1.29 is 9.47 Å². The van der Waals surface area contributed by atoms with Crippen LogP contribution in [0.25, 0.3) is 0 Å². The van der Waals surface area contributed by atoms with E-state index in [-0.39, 0.29) is 12.1 Å². The number of morpholine rings is 1. The first-order valence-electron chi connectivity index (χ1n) is 7.63. The number of nitrogens with zero attached hydrogens (tertiary/aromatic N) is 1. The molecule has 1 aromatic rings. The van der Waals surface area contributed by atoms with E-state index in [0.29, 0.717) is 0 Å². The highest BCUT2D eigenvalue weighted by atomic mass is 16.5. The molecular formula is C16H24N2O2. The largest absolute Gasteiger partial charge is 0.493 e. The van der Waals surface area contributed by atoms with Gasteiger partial charge in [-0.05, 0) is 30.2 Å². The van der Waals surface area contributed by atoms with E-state index < -0.39 is 0 Å². The number of rotatable bonds is 4. The molecule has 0 aromatic heterocycles. The predicted molar refractivity (Wildman–Crippen MR) is 79.0 cm³/mol. The first-order chi connectivity index (χ1) is 9.78. The van der Waals surface area contributed by atoms with Crippen LogP contribution in [0.1, 0.15) is 30.5 Å². The second-order valence-electron chi connectivity index (χ2n) is 5.70. The summed E-state index contributed by atoms with van der Waals surface area (Å²) in [6.45, 7) is 6.87. The van der Waals surface area contributed by atoms with Crippen molar-refractivity contribution in [2.24, 2.45) is 5.73 Å². The third kappa shape index (κ3) is 2.82. The molecule has 0 spiro atoms. The van der Waals surface area contributed by atoms with Crippen LogP contribution in [-0.2, 0) is 11.2 Å². The molecule has 20 heavy (non-hydrogen) atoms. The highest BCUT2D eigenvalue weighted by molar-refractivity contribution is 5.41. The molecule has 0 saturated carbocycles. The summed E-state index contributed by atoms with van der Waals surface area (Å²) in [4.78, 5) is 2.45. The molecule has 3 rings (SSSR count). The summed E-state index contributed by atoms with van der Waals surface area (Å²) >= 11 is 0. The second kappa shape index (κ2) is 6.12. The Morgan fingerprint density at radius 2 is 2.30 bits per heavy atom. The zero-order chi connectivity index (χ0) is 13.9. The van der Waals surface area contributed by atoms with Gasteiger partial charge in [-0.25, -0.2) is 0 Å². The van der Waals surface area contributed by atoms with Gasteiger partial charge in [-0.2, -0.15) is 0 Å². The SMILES string of the molecule is CCCN1CCOC(C(N)c2ccc3c(c2)CCO3)C1. The molecule has 4 nitrogen and oxygen atoms in total. The van der Waals surface area contributed by atoms with Crippen LogP contribution in [0, 0.1) is 0 Å². The number of fused-ring (bicyclic) bond motifs is 1. The summed E-state index contributed by atoms with van der Waals surface area (Å²) in [5, 5.41) is 0. The third-order valence-electron chi connectivity index (χ3n) is 4.22. The first kappa shape index (κ1) is 13.9. The van der Waals surface area contributed by atoms with Gasteiger partial charge in [-0.15, -0.1) is 0 Å². The molecule has 2 unspecified atom stereocenters. The lowest BCUT2D eigenvalue weighted by molar-refractivity contribution is -0.0408. The third-order valence-corrected chi connectivity index (χ3v) is 4.22. The lowest BCUT2D eigenvalue weighted by Gasteiger charge is -2.35. The molecule has 1 saturated heterocycles. The Hall–Kier alpha value is -1.10. The molecule has 0 radical (unpaired) electrons. The van der Waals surface area contributed by atoms with Crippen LogP contribution in [0.2, 0.25) is 0 Å². The normalized spacial score (nSPS) is 24.2. The molecule has 2 aliphatic rings. The molecule has 1 fully saturated rings. The molecule has 2 atom stereocenters. The number of benzene rings is 1. The number of hydrogen-bond donors (Lipinski definition) is 1.